The van der Waals surface area contributed by atoms with Crippen molar-refractivity contribution < 1.29 is 0 Å². The molecular weight excluding hydrogens is 342 g/mol. The summed E-state index contributed by atoms with van der Waals surface area (Å²) < 4.78 is 1.76. The van der Waals surface area contributed by atoms with E-state index in [0.29, 0.717) is 5.82 Å². The molecule has 3 heterocycles. The number of hydrogen-bond donors (Lipinski definition) is 0. The highest BCUT2D eigenvalue weighted by Crippen LogP contribution is 2.29. The Morgan fingerprint density at radius 1 is 0.692 bits per heavy atom. The monoisotopic (exact) mass is 355 g/mol. The minimum atomic E-state index is 0.656. The van der Waals surface area contributed by atoms with Crippen molar-refractivity contribution in [3.8, 4) is 33.2 Å². The molecule has 5 rings (SSSR count). The molecule has 5 nitrogen and oxygen atoms in total. The highest BCUT2D eigenvalue weighted by Gasteiger charge is 2.15. The van der Waals surface area contributed by atoms with Crippen molar-refractivity contribution in [1.82, 2.24) is 24.8 Å². The second kappa shape index (κ2) is 6.16. The van der Waals surface area contributed by atoms with Crippen LogP contribution in [0.2, 0.25) is 0 Å². The fourth-order valence-corrected chi connectivity index (χ4v) is 3.67. The van der Waals surface area contributed by atoms with E-state index in [1.165, 1.54) is 22.5 Å². The fraction of sp³-hybridized carbons (Fsp3) is 0. The molecule has 0 bridgehead atoms. The van der Waals surface area contributed by atoms with E-state index in [0.717, 1.165) is 21.2 Å². The summed E-state index contributed by atoms with van der Waals surface area (Å²) in [6.45, 7) is 0. The first kappa shape index (κ1) is 14.9. The van der Waals surface area contributed by atoms with Gasteiger partial charge >= 0.3 is 0 Å². The molecule has 3 aromatic heterocycles. The second-order valence-corrected chi connectivity index (χ2v) is 6.74. The van der Waals surface area contributed by atoms with Gasteiger partial charge in [0.25, 0.3) is 0 Å². The SMILES string of the molecule is c1ccc(-c2ccc(-c3nn4c(-c5ccccn5)nnc4s3)cc2)cc1. The maximum atomic E-state index is 4.69. The van der Waals surface area contributed by atoms with E-state index in [-0.39, 0.29) is 0 Å². The minimum absolute atomic E-state index is 0.656. The smallest absolute Gasteiger partial charge is 0.235 e. The number of hydrogen-bond acceptors (Lipinski definition) is 5. The summed E-state index contributed by atoms with van der Waals surface area (Å²) in [5.74, 6) is 0.656. The zero-order valence-electron chi connectivity index (χ0n) is 13.6. The summed E-state index contributed by atoms with van der Waals surface area (Å²) in [4.78, 5) is 5.10. The summed E-state index contributed by atoms with van der Waals surface area (Å²) in [7, 11) is 0. The van der Waals surface area contributed by atoms with Gasteiger partial charge in [-0.15, -0.1) is 10.2 Å². The molecule has 2 aromatic carbocycles. The van der Waals surface area contributed by atoms with Crippen LogP contribution in [-0.4, -0.2) is 24.8 Å². The molecule has 0 unspecified atom stereocenters. The van der Waals surface area contributed by atoms with Crippen molar-refractivity contribution in [2.45, 2.75) is 0 Å². The molecule has 0 atom stereocenters. The van der Waals surface area contributed by atoms with Crippen LogP contribution in [0.15, 0.2) is 79.0 Å². The van der Waals surface area contributed by atoms with Gasteiger partial charge in [0, 0.05) is 11.8 Å². The summed E-state index contributed by atoms with van der Waals surface area (Å²) in [5.41, 5.74) is 4.21. The van der Waals surface area contributed by atoms with E-state index in [1.54, 1.807) is 10.7 Å². The topological polar surface area (TPSA) is 56.0 Å². The fourth-order valence-electron chi connectivity index (χ4n) is 2.82. The molecule has 0 saturated heterocycles. The van der Waals surface area contributed by atoms with Gasteiger partial charge in [0.1, 0.15) is 10.7 Å². The quantitative estimate of drug-likeness (QED) is 0.475. The molecule has 0 fully saturated rings. The number of aromatic nitrogens is 5. The van der Waals surface area contributed by atoms with Crippen LogP contribution >= 0.6 is 11.3 Å². The van der Waals surface area contributed by atoms with Crippen LogP contribution in [0.3, 0.4) is 0 Å². The summed E-state index contributed by atoms with van der Waals surface area (Å²) >= 11 is 1.52. The standard InChI is InChI=1S/C20H13N5S/c1-2-6-14(7-3-1)15-9-11-16(12-10-15)19-24-25-18(22-23-20(25)26-19)17-8-4-5-13-21-17/h1-13H. The molecular formula is C20H13N5S. The number of fused-ring (bicyclic) bond motifs is 1. The summed E-state index contributed by atoms with van der Waals surface area (Å²) in [6.07, 6.45) is 1.74. The lowest BCUT2D eigenvalue weighted by Gasteiger charge is -2.02. The Balaban J connectivity index is 1.53. The van der Waals surface area contributed by atoms with Gasteiger partial charge < -0.3 is 0 Å². The van der Waals surface area contributed by atoms with Gasteiger partial charge in [-0.05, 0) is 23.3 Å². The number of pyridine rings is 1. The van der Waals surface area contributed by atoms with Crippen molar-refractivity contribution in [1.29, 1.82) is 0 Å². The van der Waals surface area contributed by atoms with Gasteiger partial charge in [0.05, 0.1) is 0 Å². The van der Waals surface area contributed by atoms with E-state index in [2.05, 4.69) is 51.6 Å². The van der Waals surface area contributed by atoms with Gasteiger partial charge in [-0.3, -0.25) is 4.98 Å². The molecule has 0 aliphatic heterocycles. The van der Waals surface area contributed by atoms with Crippen molar-refractivity contribution >= 4 is 16.3 Å². The summed E-state index contributed by atoms with van der Waals surface area (Å²) in [5, 5.41) is 14.0. The minimum Gasteiger partial charge on any atom is -0.253 e. The largest absolute Gasteiger partial charge is 0.253 e. The van der Waals surface area contributed by atoms with Crippen LogP contribution in [0.1, 0.15) is 0 Å². The van der Waals surface area contributed by atoms with E-state index in [4.69, 9.17) is 5.10 Å². The third-order valence-corrected chi connectivity index (χ3v) is 5.07. The van der Waals surface area contributed by atoms with Gasteiger partial charge in [-0.25, -0.2) is 0 Å². The molecule has 0 spiro atoms. The second-order valence-electron chi connectivity index (χ2n) is 5.78. The number of nitrogens with zero attached hydrogens (tertiary/aromatic N) is 5. The van der Waals surface area contributed by atoms with Crippen LogP contribution in [0.5, 0.6) is 0 Å². The van der Waals surface area contributed by atoms with E-state index in [9.17, 15) is 0 Å². The van der Waals surface area contributed by atoms with Crippen molar-refractivity contribution in [3.05, 3.63) is 79.0 Å². The molecule has 0 N–H and O–H groups in total. The maximum absolute atomic E-state index is 4.69. The molecule has 0 saturated carbocycles. The molecule has 0 aliphatic carbocycles. The zero-order valence-corrected chi connectivity index (χ0v) is 14.5. The first-order valence-corrected chi connectivity index (χ1v) is 9.00. The molecule has 26 heavy (non-hydrogen) atoms. The van der Waals surface area contributed by atoms with Gasteiger partial charge in [0.15, 0.2) is 0 Å². The third-order valence-electron chi connectivity index (χ3n) is 4.12. The van der Waals surface area contributed by atoms with Gasteiger partial charge in [-0.1, -0.05) is 72.0 Å². The lowest BCUT2D eigenvalue weighted by Crippen LogP contribution is -1.92. The Morgan fingerprint density at radius 2 is 1.42 bits per heavy atom. The molecule has 5 aromatic rings. The highest BCUT2D eigenvalue weighted by molar-refractivity contribution is 7.19. The molecule has 0 amide bonds. The molecule has 0 radical (unpaired) electrons. The predicted octanol–water partition coefficient (Wildman–Crippen LogP) is 4.58. The van der Waals surface area contributed by atoms with Crippen molar-refractivity contribution in [2.75, 3.05) is 0 Å². The normalized spacial score (nSPS) is 11.1. The van der Waals surface area contributed by atoms with E-state index < -0.39 is 0 Å². The average molecular weight is 355 g/mol. The summed E-state index contributed by atoms with van der Waals surface area (Å²) in [6, 6.07) is 24.5. The average Bonchev–Trinajstić information content (AvgIpc) is 3.30. The zero-order chi connectivity index (χ0) is 17.3. The Bertz CT molecular complexity index is 1160. The van der Waals surface area contributed by atoms with E-state index in [1.807, 2.05) is 36.4 Å². The lowest BCUT2D eigenvalue weighted by molar-refractivity contribution is 0.962. The van der Waals surface area contributed by atoms with Crippen LogP contribution in [0.25, 0.3) is 38.2 Å². The molecule has 6 heteroatoms. The van der Waals surface area contributed by atoms with Crippen LogP contribution in [-0.2, 0) is 0 Å². The van der Waals surface area contributed by atoms with Gasteiger partial charge in [0.2, 0.25) is 10.8 Å². The number of rotatable bonds is 3. The van der Waals surface area contributed by atoms with Crippen LogP contribution in [0.4, 0.5) is 0 Å². The first-order valence-electron chi connectivity index (χ1n) is 8.18. The Labute approximate surface area is 153 Å². The van der Waals surface area contributed by atoms with Gasteiger partial charge in [-0.2, -0.15) is 9.61 Å². The predicted molar refractivity (Wildman–Crippen MR) is 103 cm³/mol. The number of benzene rings is 2. The third kappa shape index (κ3) is 2.57. The Hall–Kier alpha value is -3.38. The highest BCUT2D eigenvalue weighted by atomic mass is 32.1. The van der Waals surface area contributed by atoms with E-state index >= 15 is 0 Å². The first-order chi connectivity index (χ1) is 12.9. The van der Waals surface area contributed by atoms with Crippen LogP contribution < -0.4 is 0 Å². The molecule has 124 valence electrons. The van der Waals surface area contributed by atoms with Crippen molar-refractivity contribution in [2.24, 2.45) is 0 Å². The van der Waals surface area contributed by atoms with Crippen molar-refractivity contribution in [3.63, 3.8) is 0 Å². The Kier molecular flexibility index (Phi) is 3.54. The maximum Gasteiger partial charge on any atom is 0.235 e. The lowest BCUT2D eigenvalue weighted by atomic mass is 10.0. The Morgan fingerprint density at radius 3 is 2.19 bits per heavy atom. The molecule has 0 aliphatic rings. The van der Waals surface area contributed by atoms with Crippen LogP contribution in [0, 0.1) is 0 Å².